The van der Waals surface area contributed by atoms with Crippen molar-refractivity contribution < 1.29 is 19.1 Å². The van der Waals surface area contributed by atoms with E-state index in [2.05, 4.69) is 19.3 Å². The Labute approximate surface area is 249 Å². The van der Waals surface area contributed by atoms with Crippen LogP contribution in [0.25, 0.3) is 0 Å². The summed E-state index contributed by atoms with van der Waals surface area (Å²) < 4.78 is 10.9. The van der Waals surface area contributed by atoms with Gasteiger partial charge in [-0.15, -0.1) is 0 Å². The van der Waals surface area contributed by atoms with E-state index in [4.69, 9.17) is 9.47 Å². The lowest BCUT2D eigenvalue weighted by Gasteiger charge is -2.13. The molecule has 1 aliphatic heterocycles. The topological polar surface area (TPSA) is 52.6 Å². The van der Waals surface area contributed by atoms with E-state index in [1.807, 2.05) is 0 Å². The Balaban J connectivity index is 1.96. The van der Waals surface area contributed by atoms with Crippen LogP contribution in [0.5, 0.6) is 0 Å². The Morgan fingerprint density at radius 2 is 1.03 bits per heavy atom. The van der Waals surface area contributed by atoms with Gasteiger partial charge in [0.05, 0.1) is 13.2 Å². The van der Waals surface area contributed by atoms with Crippen molar-refractivity contribution in [1.29, 1.82) is 0 Å². The molecule has 1 unspecified atom stereocenters. The first-order valence-electron chi connectivity index (χ1n) is 16.5. The molecule has 0 aromatic heterocycles. The monoisotopic (exact) mass is 584 g/mol. The van der Waals surface area contributed by atoms with E-state index < -0.39 is 0 Å². The van der Waals surface area contributed by atoms with Gasteiger partial charge in [-0.05, 0) is 36.7 Å². The molecule has 0 amide bonds. The molecule has 0 saturated heterocycles. The summed E-state index contributed by atoms with van der Waals surface area (Å²) in [5, 5.41) is 2.45. The minimum atomic E-state index is -0.0941. The zero-order valence-corrected chi connectivity index (χ0v) is 27.1. The molecule has 0 N–H and O–H groups in total. The summed E-state index contributed by atoms with van der Waals surface area (Å²) in [5.41, 5.74) is 1.27. The van der Waals surface area contributed by atoms with Crippen LogP contribution in [0, 0.1) is 0 Å². The number of ether oxygens (including phenoxy) is 2. The van der Waals surface area contributed by atoms with Crippen LogP contribution in [0.1, 0.15) is 168 Å². The fourth-order valence-electron chi connectivity index (χ4n) is 4.94. The maximum absolute atomic E-state index is 12.2. The number of unbranched alkanes of at least 4 members (excludes halogenated alkanes) is 18. The van der Waals surface area contributed by atoms with Gasteiger partial charge in [-0.2, -0.15) is 0 Å². The fourth-order valence-corrected chi connectivity index (χ4v) is 7.74. The second-order valence-electron chi connectivity index (χ2n) is 11.2. The lowest BCUT2D eigenvalue weighted by molar-refractivity contribution is -0.144. The van der Waals surface area contributed by atoms with E-state index in [0.717, 1.165) is 38.5 Å². The molecule has 0 spiro atoms. The molecular formula is C33H60O4S2. The van der Waals surface area contributed by atoms with Crippen molar-refractivity contribution in [2.24, 2.45) is 0 Å². The highest BCUT2D eigenvalue weighted by Gasteiger charge is 2.23. The second kappa shape index (κ2) is 27.5. The number of carbonyl (C=O) groups excluding carboxylic acids is 2. The lowest BCUT2D eigenvalue weighted by atomic mass is 10.0. The molecule has 0 aromatic rings. The number of rotatable bonds is 28. The average molecular weight is 585 g/mol. The fraction of sp³-hybridized carbons (Fsp3) is 0.879. The van der Waals surface area contributed by atoms with Crippen molar-refractivity contribution in [2.45, 2.75) is 173 Å². The number of hydrogen-bond acceptors (Lipinski definition) is 6. The highest BCUT2D eigenvalue weighted by molar-refractivity contribution is 8.78. The molecule has 0 bridgehead atoms. The summed E-state index contributed by atoms with van der Waals surface area (Å²) >= 11 is 0. The number of carbonyl (C=O) groups is 2. The SMILES string of the molecule is CCCCCCCCCCCCOC(=O)CCC1=CSSC1CCC(=O)OCCCCCCCCCCCC. The molecule has 6 heteroatoms. The molecular weight excluding hydrogens is 524 g/mol. The Morgan fingerprint density at radius 1 is 0.615 bits per heavy atom. The van der Waals surface area contributed by atoms with Crippen molar-refractivity contribution in [1.82, 2.24) is 0 Å². The molecule has 0 aromatic carbocycles. The number of hydrogen-bond donors (Lipinski definition) is 0. The molecule has 39 heavy (non-hydrogen) atoms. The van der Waals surface area contributed by atoms with Crippen LogP contribution in [0.3, 0.4) is 0 Å². The quantitative estimate of drug-likeness (QED) is 0.0518. The van der Waals surface area contributed by atoms with Gasteiger partial charge in [0.1, 0.15) is 0 Å². The van der Waals surface area contributed by atoms with Crippen LogP contribution in [-0.4, -0.2) is 30.4 Å². The Kier molecular flexibility index (Phi) is 25.7. The van der Waals surface area contributed by atoms with Crippen molar-refractivity contribution in [2.75, 3.05) is 13.2 Å². The van der Waals surface area contributed by atoms with Gasteiger partial charge in [0.2, 0.25) is 0 Å². The van der Waals surface area contributed by atoms with Crippen LogP contribution < -0.4 is 0 Å². The van der Waals surface area contributed by atoms with E-state index >= 15 is 0 Å². The third kappa shape index (κ3) is 22.7. The van der Waals surface area contributed by atoms with Gasteiger partial charge >= 0.3 is 11.9 Å². The third-order valence-corrected chi connectivity index (χ3v) is 10.1. The van der Waals surface area contributed by atoms with Crippen LogP contribution in [0.15, 0.2) is 11.0 Å². The van der Waals surface area contributed by atoms with E-state index in [1.165, 1.54) is 108 Å². The molecule has 0 fully saturated rings. The van der Waals surface area contributed by atoms with Crippen LogP contribution in [0.2, 0.25) is 0 Å². The van der Waals surface area contributed by atoms with Gasteiger partial charge in [-0.1, -0.05) is 151 Å². The van der Waals surface area contributed by atoms with Crippen LogP contribution in [0.4, 0.5) is 0 Å². The van der Waals surface area contributed by atoms with Crippen molar-refractivity contribution in [3.63, 3.8) is 0 Å². The largest absolute Gasteiger partial charge is 0.466 e. The summed E-state index contributed by atoms with van der Waals surface area (Å²) in [6.45, 7) is 5.62. The molecule has 1 atom stereocenters. The maximum atomic E-state index is 12.2. The molecule has 1 rings (SSSR count). The van der Waals surface area contributed by atoms with E-state index in [-0.39, 0.29) is 11.9 Å². The zero-order valence-electron chi connectivity index (χ0n) is 25.5. The van der Waals surface area contributed by atoms with E-state index in [9.17, 15) is 9.59 Å². The normalized spacial score (nSPS) is 14.9. The van der Waals surface area contributed by atoms with Gasteiger partial charge in [-0.3, -0.25) is 9.59 Å². The molecule has 228 valence electrons. The molecule has 4 nitrogen and oxygen atoms in total. The van der Waals surface area contributed by atoms with Crippen molar-refractivity contribution in [3.05, 3.63) is 11.0 Å². The van der Waals surface area contributed by atoms with Crippen molar-refractivity contribution in [3.8, 4) is 0 Å². The highest BCUT2D eigenvalue weighted by atomic mass is 33.1. The minimum absolute atomic E-state index is 0.0846. The first-order valence-corrected chi connectivity index (χ1v) is 18.8. The molecule has 0 aliphatic carbocycles. The number of esters is 2. The van der Waals surface area contributed by atoms with Crippen molar-refractivity contribution >= 4 is 33.5 Å². The maximum Gasteiger partial charge on any atom is 0.306 e. The summed E-state index contributed by atoms with van der Waals surface area (Å²) in [5.74, 6) is -0.179. The smallest absolute Gasteiger partial charge is 0.306 e. The standard InChI is InChI=1S/C33H60O4S2/c1-3-5-7-9-11-13-15-17-19-21-27-36-32(34)25-23-30-29-38-39-31(30)24-26-33(35)37-28-22-20-18-16-14-12-10-8-6-4-2/h29,31H,3-28H2,1-2H3. The summed E-state index contributed by atoms with van der Waals surface area (Å²) in [6.07, 6.45) is 28.1. The Bertz CT molecular complexity index is 623. The minimum Gasteiger partial charge on any atom is -0.466 e. The highest BCUT2D eigenvalue weighted by Crippen LogP contribution is 2.44. The second-order valence-corrected chi connectivity index (χ2v) is 13.6. The summed E-state index contributed by atoms with van der Waals surface area (Å²) in [4.78, 5) is 24.4. The molecule has 0 radical (unpaired) electrons. The van der Waals surface area contributed by atoms with Gasteiger partial charge in [0.15, 0.2) is 0 Å². The van der Waals surface area contributed by atoms with Gasteiger partial charge in [0, 0.05) is 18.1 Å². The zero-order chi connectivity index (χ0) is 28.2. The third-order valence-electron chi connectivity index (χ3n) is 7.54. The lowest BCUT2D eigenvalue weighted by Crippen LogP contribution is -2.12. The van der Waals surface area contributed by atoms with Crippen LogP contribution in [-0.2, 0) is 19.1 Å². The molecule has 1 heterocycles. The van der Waals surface area contributed by atoms with Gasteiger partial charge in [-0.25, -0.2) is 0 Å². The molecule has 0 saturated carbocycles. The predicted octanol–water partition coefficient (Wildman–Crippen LogP) is 11.1. The summed E-state index contributed by atoms with van der Waals surface area (Å²) in [7, 11) is 3.51. The van der Waals surface area contributed by atoms with Gasteiger partial charge < -0.3 is 9.47 Å². The van der Waals surface area contributed by atoms with E-state index in [0.29, 0.717) is 31.3 Å². The van der Waals surface area contributed by atoms with Gasteiger partial charge in [0.25, 0.3) is 0 Å². The first kappa shape index (κ1) is 36.4. The summed E-state index contributed by atoms with van der Waals surface area (Å²) in [6, 6.07) is 0. The van der Waals surface area contributed by atoms with Crippen LogP contribution >= 0.6 is 21.6 Å². The predicted molar refractivity (Wildman–Crippen MR) is 171 cm³/mol. The Hall–Kier alpha value is -0.620. The molecule has 1 aliphatic rings. The Morgan fingerprint density at radius 3 is 1.49 bits per heavy atom. The first-order chi connectivity index (χ1) is 19.2. The van der Waals surface area contributed by atoms with E-state index in [1.54, 1.807) is 21.6 Å². The average Bonchev–Trinajstić information content (AvgIpc) is 3.39.